The van der Waals surface area contributed by atoms with Gasteiger partial charge in [0.1, 0.15) is 10.8 Å². The largest absolute Gasteiger partial charge is 0.324 e. The van der Waals surface area contributed by atoms with Gasteiger partial charge in [-0.25, -0.2) is 19.3 Å². The monoisotopic (exact) mass is 458 g/mol. The molecule has 2 aliphatic rings. The summed E-state index contributed by atoms with van der Waals surface area (Å²) in [5.74, 6) is 0.417. The second-order valence-electron chi connectivity index (χ2n) is 8.51. The second-order valence-corrected chi connectivity index (χ2v) is 9.34. The van der Waals surface area contributed by atoms with E-state index in [0.717, 1.165) is 43.7 Å². The molecule has 6 rings (SSSR count). The Morgan fingerprint density at radius 2 is 2.18 bits per heavy atom. The number of aromatic nitrogens is 5. The van der Waals surface area contributed by atoms with E-state index in [4.69, 9.17) is 9.97 Å². The van der Waals surface area contributed by atoms with Gasteiger partial charge >= 0.3 is 0 Å². The number of benzene rings is 1. The Hall–Kier alpha value is -3.55. The molecule has 0 unspecified atom stereocenters. The van der Waals surface area contributed by atoms with E-state index in [2.05, 4.69) is 33.8 Å². The molecule has 33 heavy (non-hydrogen) atoms. The van der Waals surface area contributed by atoms with E-state index in [9.17, 15) is 10.1 Å². The summed E-state index contributed by atoms with van der Waals surface area (Å²) >= 11 is 1.42. The van der Waals surface area contributed by atoms with Crippen molar-refractivity contribution in [2.45, 2.75) is 44.7 Å². The third-order valence-corrected chi connectivity index (χ3v) is 7.27. The first-order chi connectivity index (χ1) is 16.1. The van der Waals surface area contributed by atoms with E-state index in [1.807, 2.05) is 18.4 Å². The quantitative estimate of drug-likeness (QED) is 0.473. The van der Waals surface area contributed by atoms with Gasteiger partial charge in [0.15, 0.2) is 5.65 Å². The molecular formula is C23H22N8OS. The van der Waals surface area contributed by atoms with E-state index in [-0.39, 0.29) is 5.56 Å². The normalized spacial score (nSPS) is 16.4. The van der Waals surface area contributed by atoms with Crippen molar-refractivity contribution in [1.82, 2.24) is 29.6 Å². The van der Waals surface area contributed by atoms with Crippen LogP contribution in [0.3, 0.4) is 0 Å². The van der Waals surface area contributed by atoms with Crippen molar-refractivity contribution in [2.75, 3.05) is 11.9 Å². The van der Waals surface area contributed by atoms with E-state index in [1.54, 1.807) is 15.6 Å². The lowest BCUT2D eigenvalue weighted by atomic mass is 10.0. The van der Waals surface area contributed by atoms with Crippen molar-refractivity contribution in [3.63, 3.8) is 0 Å². The number of hydrogen-bond acceptors (Lipinski definition) is 8. The number of hydrogen-bond donors (Lipinski definition) is 2. The Balaban J connectivity index is 1.42. The highest BCUT2D eigenvalue weighted by Crippen LogP contribution is 2.47. The Morgan fingerprint density at radius 1 is 1.30 bits per heavy atom. The maximum Gasteiger partial charge on any atom is 0.278 e. The number of rotatable bonds is 5. The Kier molecular flexibility index (Phi) is 4.57. The average Bonchev–Trinajstić information content (AvgIpc) is 3.40. The molecule has 4 heterocycles. The molecule has 2 N–H and O–H groups in total. The van der Waals surface area contributed by atoms with Crippen LogP contribution in [0.1, 0.15) is 36.6 Å². The van der Waals surface area contributed by atoms with Gasteiger partial charge in [-0.3, -0.25) is 4.79 Å². The van der Waals surface area contributed by atoms with Gasteiger partial charge in [-0.05, 0) is 56.0 Å². The fraction of sp³-hybridized carbons (Fsp3) is 0.348. The predicted molar refractivity (Wildman–Crippen MR) is 126 cm³/mol. The van der Waals surface area contributed by atoms with E-state index < -0.39 is 5.41 Å². The van der Waals surface area contributed by atoms with Gasteiger partial charge in [0.2, 0.25) is 11.1 Å². The molecule has 0 amide bonds. The minimum atomic E-state index is -0.474. The number of fused-ring (bicyclic) bond motifs is 2. The summed E-state index contributed by atoms with van der Waals surface area (Å²) < 4.78 is 3.37. The van der Waals surface area contributed by atoms with Crippen molar-refractivity contribution in [3.05, 3.63) is 57.0 Å². The van der Waals surface area contributed by atoms with Crippen LogP contribution in [0.25, 0.3) is 16.2 Å². The summed E-state index contributed by atoms with van der Waals surface area (Å²) in [7, 11) is 0. The summed E-state index contributed by atoms with van der Waals surface area (Å²) in [6.45, 7) is 4.23. The molecule has 4 aromatic rings. The van der Waals surface area contributed by atoms with Gasteiger partial charge in [-0.15, -0.1) is 11.3 Å². The third kappa shape index (κ3) is 3.23. The van der Waals surface area contributed by atoms with Crippen molar-refractivity contribution >= 4 is 34.0 Å². The summed E-state index contributed by atoms with van der Waals surface area (Å²) in [5, 5.41) is 19.2. The molecule has 3 aromatic heterocycles. The Bertz CT molecular complexity index is 1490. The number of nitrogens with one attached hydrogen (secondary N) is 2. The zero-order chi connectivity index (χ0) is 22.6. The zero-order valence-corrected chi connectivity index (χ0v) is 18.9. The zero-order valence-electron chi connectivity index (χ0n) is 18.1. The highest BCUT2D eigenvalue weighted by Gasteiger charge is 2.47. The number of nitrogens with zero attached hydrogens (tertiary/aromatic N) is 6. The molecule has 1 saturated carbocycles. The van der Waals surface area contributed by atoms with E-state index >= 15 is 0 Å². The molecule has 1 fully saturated rings. The van der Waals surface area contributed by atoms with Crippen LogP contribution in [0.15, 0.2) is 34.6 Å². The number of thiazole rings is 1. The lowest BCUT2D eigenvalue weighted by Gasteiger charge is -2.18. The predicted octanol–water partition coefficient (Wildman–Crippen LogP) is 3.00. The van der Waals surface area contributed by atoms with Crippen LogP contribution in [0.2, 0.25) is 0 Å². The van der Waals surface area contributed by atoms with Crippen LogP contribution in [-0.2, 0) is 24.9 Å². The summed E-state index contributed by atoms with van der Waals surface area (Å²) in [5.41, 5.74) is 4.17. The smallest absolute Gasteiger partial charge is 0.278 e. The van der Waals surface area contributed by atoms with Gasteiger partial charge in [0.25, 0.3) is 5.56 Å². The molecule has 0 bridgehead atoms. The van der Waals surface area contributed by atoms with Gasteiger partial charge in [-0.2, -0.15) is 10.2 Å². The third-order valence-electron chi connectivity index (χ3n) is 6.45. The Morgan fingerprint density at radius 3 is 2.97 bits per heavy atom. The summed E-state index contributed by atoms with van der Waals surface area (Å²) in [6, 6.07) is 8.68. The molecule has 0 saturated heterocycles. The maximum atomic E-state index is 13.0. The molecule has 0 radical (unpaired) electrons. The van der Waals surface area contributed by atoms with Gasteiger partial charge in [-0.1, -0.05) is 6.07 Å². The topological polar surface area (TPSA) is 113 Å². The van der Waals surface area contributed by atoms with Gasteiger partial charge < -0.3 is 10.6 Å². The lowest BCUT2D eigenvalue weighted by Crippen LogP contribution is -2.23. The van der Waals surface area contributed by atoms with Crippen molar-refractivity contribution in [1.29, 1.82) is 5.26 Å². The van der Waals surface area contributed by atoms with Crippen LogP contribution >= 0.6 is 11.3 Å². The molecule has 10 heteroatoms. The maximum absolute atomic E-state index is 13.0. The first-order valence-electron chi connectivity index (χ1n) is 11.1. The highest BCUT2D eigenvalue weighted by molar-refractivity contribution is 7.12. The molecular weight excluding hydrogens is 436 g/mol. The van der Waals surface area contributed by atoms with E-state index in [0.29, 0.717) is 28.7 Å². The molecule has 166 valence electrons. The van der Waals surface area contributed by atoms with Crippen LogP contribution in [-0.4, -0.2) is 30.9 Å². The minimum Gasteiger partial charge on any atom is -0.324 e. The van der Waals surface area contributed by atoms with Crippen LogP contribution < -0.4 is 16.2 Å². The molecule has 0 spiro atoms. The minimum absolute atomic E-state index is 0.155. The van der Waals surface area contributed by atoms with Gasteiger partial charge in [0.05, 0.1) is 11.8 Å². The van der Waals surface area contributed by atoms with Gasteiger partial charge in [0, 0.05) is 30.4 Å². The van der Waals surface area contributed by atoms with Crippen LogP contribution in [0, 0.1) is 11.3 Å². The van der Waals surface area contributed by atoms with Crippen LogP contribution in [0.4, 0.5) is 11.6 Å². The first kappa shape index (κ1) is 20.1. The van der Waals surface area contributed by atoms with Crippen molar-refractivity contribution in [3.8, 4) is 11.2 Å². The summed E-state index contributed by atoms with van der Waals surface area (Å²) in [6.07, 6.45) is 4.25. The average molecular weight is 459 g/mol. The Labute approximate surface area is 193 Å². The molecule has 1 aliphatic carbocycles. The fourth-order valence-electron chi connectivity index (χ4n) is 4.39. The number of anilines is 2. The molecule has 9 nitrogen and oxygen atoms in total. The highest BCUT2D eigenvalue weighted by atomic mass is 32.1. The van der Waals surface area contributed by atoms with Crippen LogP contribution in [0.5, 0.6) is 0 Å². The molecule has 1 aromatic carbocycles. The second kappa shape index (κ2) is 7.50. The van der Waals surface area contributed by atoms with Crippen molar-refractivity contribution in [2.24, 2.45) is 0 Å². The summed E-state index contributed by atoms with van der Waals surface area (Å²) in [4.78, 5) is 26.8. The standard InChI is InChI=1S/C23H22N8OS/c1-2-30-20(32)17-11-26-21(27-16-4-3-14-5-8-25-10-15(14)9-16)29-19(17)31(30)22-28-18(12-33-22)23(13-24)6-7-23/h3-4,9,11-12,25H,2,5-8,10H2,1H3,(H,26,27,29). The lowest BCUT2D eigenvalue weighted by molar-refractivity contribution is 0.572. The SMILES string of the molecule is CCn1c(=O)c2cnc(Nc3ccc4c(c3)CNCC4)nc2n1-c1nc(C2(C#N)CC2)cs1. The molecule has 1 aliphatic heterocycles. The number of nitriles is 1. The van der Waals surface area contributed by atoms with E-state index in [1.165, 1.54) is 22.5 Å². The first-order valence-corrected chi connectivity index (χ1v) is 12.0. The van der Waals surface area contributed by atoms with Crippen molar-refractivity contribution < 1.29 is 0 Å². The molecule has 0 atom stereocenters. The fourth-order valence-corrected chi connectivity index (χ4v) is 5.32.